The molecule has 23 heavy (non-hydrogen) atoms. The van der Waals surface area contributed by atoms with Gasteiger partial charge in [0.05, 0.1) is 29.7 Å². The monoisotopic (exact) mass is 314 g/mol. The van der Waals surface area contributed by atoms with E-state index in [0.29, 0.717) is 0 Å². The summed E-state index contributed by atoms with van der Waals surface area (Å²) in [6.45, 7) is 10.0. The zero-order valence-electron chi connectivity index (χ0n) is 14.7. The van der Waals surface area contributed by atoms with Crippen LogP contribution in [0.15, 0.2) is 30.2 Å². The van der Waals surface area contributed by atoms with E-state index in [0.717, 1.165) is 25.0 Å². The van der Waals surface area contributed by atoms with Gasteiger partial charge in [-0.15, -0.1) is 0 Å². The second-order valence-electron chi connectivity index (χ2n) is 7.64. The van der Waals surface area contributed by atoms with Crippen LogP contribution < -0.4 is 0 Å². The number of allylic oxidation sites excluding steroid dienone is 4. The highest BCUT2D eigenvalue weighted by Gasteiger charge is 2.60. The first-order chi connectivity index (χ1) is 10.8. The number of esters is 1. The van der Waals surface area contributed by atoms with Crippen molar-refractivity contribution in [3.63, 3.8) is 0 Å². The van der Waals surface area contributed by atoms with Gasteiger partial charge in [0, 0.05) is 0 Å². The van der Waals surface area contributed by atoms with E-state index in [9.17, 15) is 4.79 Å². The van der Waals surface area contributed by atoms with Crippen LogP contribution in [0.1, 0.15) is 65.6 Å². The maximum atomic E-state index is 12.9. The van der Waals surface area contributed by atoms with Crippen molar-refractivity contribution in [2.75, 3.05) is 0 Å². The summed E-state index contributed by atoms with van der Waals surface area (Å²) in [6, 6.07) is 0.0117. The average molecular weight is 314 g/mol. The highest BCUT2D eigenvalue weighted by molar-refractivity contribution is 5.84. The molecule has 1 atom stereocenters. The van der Waals surface area contributed by atoms with Crippen LogP contribution in [-0.2, 0) is 9.53 Å². The van der Waals surface area contributed by atoms with Crippen LogP contribution in [0.2, 0.25) is 0 Å². The molecule has 0 N–H and O–H groups in total. The Morgan fingerprint density at radius 1 is 1.48 bits per heavy atom. The second kappa shape index (κ2) is 5.36. The Morgan fingerprint density at radius 3 is 2.74 bits per heavy atom. The van der Waals surface area contributed by atoms with Crippen LogP contribution in [0.25, 0.3) is 5.57 Å². The lowest BCUT2D eigenvalue weighted by atomic mass is 9.88. The molecule has 1 fully saturated rings. The third-order valence-corrected chi connectivity index (χ3v) is 4.71. The van der Waals surface area contributed by atoms with Gasteiger partial charge in [-0.2, -0.15) is 0 Å². The van der Waals surface area contributed by atoms with E-state index in [1.165, 1.54) is 11.1 Å². The molecule has 0 bridgehead atoms. The van der Waals surface area contributed by atoms with Gasteiger partial charge < -0.3 is 9.30 Å². The third-order valence-electron chi connectivity index (χ3n) is 4.71. The van der Waals surface area contributed by atoms with Gasteiger partial charge in [-0.1, -0.05) is 19.1 Å². The third kappa shape index (κ3) is 2.64. The van der Waals surface area contributed by atoms with Crippen molar-refractivity contribution in [1.82, 2.24) is 9.55 Å². The van der Waals surface area contributed by atoms with Crippen LogP contribution in [0.3, 0.4) is 0 Å². The van der Waals surface area contributed by atoms with Crippen LogP contribution in [0.4, 0.5) is 0 Å². The second-order valence-corrected chi connectivity index (χ2v) is 7.64. The van der Waals surface area contributed by atoms with Gasteiger partial charge in [0.15, 0.2) is 0 Å². The fraction of sp³-hybridized carbons (Fsp3) is 0.579. The SMILES string of the molecule is CC/C=C\C1=C(C)c2cncn2C1C1(C(=O)OC(C)(C)C)CC1. The molecular formula is C19H26N2O2. The van der Waals surface area contributed by atoms with Gasteiger partial charge in [0.25, 0.3) is 0 Å². The predicted octanol–water partition coefficient (Wildman–Crippen LogP) is 4.30. The molecule has 124 valence electrons. The van der Waals surface area contributed by atoms with Gasteiger partial charge in [0.2, 0.25) is 0 Å². The summed E-state index contributed by atoms with van der Waals surface area (Å²) < 4.78 is 7.89. The lowest BCUT2D eigenvalue weighted by Crippen LogP contribution is -2.34. The molecular weight excluding hydrogens is 288 g/mol. The number of carbonyl (C=O) groups is 1. The van der Waals surface area contributed by atoms with E-state index in [-0.39, 0.29) is 12.0 Å². The van der Waals surface area contributed by atoms with Crippen molar-refractivity contribution < 1.29 is 9.53 Å². The number of hydrogen-bond acceptors (Lipinski definition) is 3. The van der Waals surface area contributed by atoms with Crippen LogP contribution in [0, 0.1) is 5.41 Å². The zero-order chi connectivity index (χ0) is 16.8. The minimum Gasteiger partial charge on any atom is -0.459 e. The molecule has 1 aromatic rings. The Kier molecular flexibility index (Phi) is 3.74. The molecule has 3 rings (SSSR count). The number of hydrogen-bond donors (Lipinski definition) is 0. The maximum absolute atomic E-state index is 12.9. The number of aromatic nitrogens is 2. The van der Waals surface area contributed by atoms with E-state index in [2.05, 4.69) is 35.6 Å². The van der Waals surface area contributed by atoms with Crippen molar-refractivity contribution in [3.8, 4) is 0 Å². The molecule has 0 spiro atoms. The van der Waals surface area contributed by atoms with Crippen molar-refractivity contribution in [2.45, 2.75) is 65.5 Å². The summed E-state index contributed by atoms with van der Waals surface area (Å²) in [7, 11) is 0. The van der Waals surface area contributed by atoms with Gasteiger partial charge in [-0.3, -0.25) is 4.79 Å². The molecule has 2 aliphatic rings. The highest BCUT2D eigenvalue weighted by atomic mass is 16.6. The van der Waals surface area contributed by atoms with Crippen LogP contribution >= 0.6 is 0 Å². The number of nitrogens with zero attached hydrogens (tertiary/aromatic N) is 2. The van der Waals surface area contributed by atoms with Gasteiger partial charge >= 0.3 is 5.97 Å². The van der Waals surface area contributed by atoms with Crippen molar-refractivity contribution in [1.29, 1.82) is 0 Å². The lowest BCUT2D eigenvalue weighted by Gasteiger charge is -2.29. The van der Waals surface area contributed by atoms with E-state index in [4.69, 9.17) is 4.74 Å². The van der Waals surface area contributed by atoms with Gasteiger partial charge in [-0.05, 0) is 58.1 Å². The minimum atomic E-state index is -0.457. The number of fused-ring (bicyclic) bond motifs is 1. The van der Waals surface area contributed by atoms with Crippen LogP contribution in [0.5, 0.6) is 0 Å². The van der Waals surface area contributed by atoms with Gasteiger partial charge in [0.1, 0.15) is 5.60 Å². The Balaban J connectivity index is 2.00. The molecule has 0 aromatic carbocycles. The summed E-state index contributed by atoms with van der Waals surface area (Å²) >= 11 is 0. The molecule has 0 saturated heterocycles. The predicted molar refractivity (Wildman–Crippen MR) is 90.8 cm³/mol. The molecule has 1 saturated carbocycles. The molecule has 1 aromatic heterocycles. The fourth-order valence-corrected chi connectivity index (χ4v) is 3.43. The molecule has 0 amide bonds. The first-order valence-corrected chi connectivity index (χ1v) is 8.43. The normalized spacial score (nSPS) is 22.6. The van der Waals surface area contributed by atoms with Crippen molar-refractivity contribution in [2.24, 2.45) is 5.41 Å². The van der Waals surface area contributed by atoms with Crippen molar-refractivity contribution >= 4 is 11.5 Å². The average Bonchev–Trinajstić information content (AvgIpc) is 3.03. The summed E-state index contributed by atoms with van der Waals surface area (Å²) in [5.74, 6) is -0.0771. The largest absolute Gasteiger partial charge is 0.459 e. The molecule has 1 aliphatic heterocycles. The summed E-state index contributed by atoms with van der Waals surface area (Å²) in [4.78, 5) is 17.2. The summed E-state index contributed by atoms with van der Waals surface area (Å²) in [5, 5.41) is 0. The Bertz CT molecular complexity index is 684. The minimum absolute atomic E-state index is 0.0117. The van der Waals surface area contributed by atoms with E-state index >= 15 is 0 Å². The summed E-state index contributed by atoms with van der Waals surface area (Å²) in [6.07, 6.45) is 10.8. The fourth-order valence-electron chi connectivity index (χ4n) is 3.43. The standard InChI is InChI=1S/C19H26N2O2/c1-6-7-8-14-13(2)15-11-20-12-21(15)16(14)19(9-10-19)17(22)23-18(3,4)5/h7-8,11-12,16H,6,9-10H2,1-5H3/b8-7-. The zero-order valence-corrected chi connectivity index (χ0v) is 14.7. The number of rotatable bonds is 4. The van der Waals surface area contributed by atoms with E-state index < -0.39 is 11.0 Å². The maximum Gasteiger partial charge on any atom is 0.315 e. The Morgan fingerprint density at radius 2 is 2.17 bits per heavy atom. The molecule has 0 radical (unpaired) electrons. The first kappa shape index (κ1) is 16.0. The number of ether oxygens (including phenoxy) is 1. The molecule has 4 nitrogen and oxygen atoms in total. The Hall–Kier alpha value is -1.84. The van der Waals surface area contributed by atoms with E-state index in [1.807, 2.05) is 33.3 Å². The van der Waals surface area contributed by atoms with Crippen molar-refractivity contribution in [3.05, 3.63) is 35.9 Å². The number of carbonyl (C=O) groups excluding carboxylic acids is 1. The Labute approximate surface area is 138 Å². The summed E-state index contributed by atoms with van der Waals surface area (Å²) in [5.41, 5.74) is 2.66. The number of imidazole rings is 1. The molecule has 1 aliphatic carbocycles. The quantitative estimate of drug-likeness (QED) is 0.778. The van der Waals surface area contributed by atoms with Gasteiger partial charge in [-0.25, -0.2) is 4.98 Å². The smallest absolute Gasteiger partial charge is 0.315 e. The van der Waals surface area contributed by atoms with E-state index in [1.54, 1.807) is 0 Å². The lowest BCUT2D eigenvalue weighted by molar-refractivity contribution is -0.163. The highest BCUT2D eigenvalue weighted by Crippen LogP contribution is 2.61. The topological polar surface area (TPSA) is 44.1 Å². The first-order valence-electron chi connectivity index (χ1n) is 8.43. The molecule has 4 heteroatoms. The van der Waals surface area contributed by atoms with Crippen LogP contribution in [-0.4, -0.2) is 21.1 Å². The molecule has 2 heterocycles. The molecule has 1 unspecified atom stereocenters.